The van der Waals surface area contributed by atoms with Gasteiger partial charge in [0.25, 0.3) is 5.56 Å². The predicted molar refractivity (Wildman–Crippen MR) is 126 cm³/mol. The van der Waals surface area contributed by atoms with Gasteiger partial charge in [0.05, 0.1) is 36.0 Å². The van der Waals surface area contributed by atoms with Crippen molar-refractivity contribution in [2.75, 3.05) is 11.9 Å². The van der Waals surface area contributed by atoms with Crippen LogP contribution in [0.15, 0.2) is 29.1 Å². The maximum atomic E-state index is 13.4. The predicted octanol–water partition coefficient (Wildman–Crippen LogP) is 4.75. The molecule has 1 N–H and O–H groups in total. The van der Waals surface area contributed by atoms with E-state index in [1.807, 2.05) is 0 Å². The zero-order chi connectivity index (χ0) is 26.0. The van der Waals surface area contributed by atoms with E-state index in [0.29, 0.717) is 29.8 Å². The molecule has 0 spiro atoms. The minimum Gasteiger partial charge on any atom is -0.444 e. The Hall–Kier alpha value is -3.48. The number of alkyl halides is 3. The molecule has 1 aromatic heterocycles. The topological polar surface area (TPSA) is 76.5 Å². The Morgan fingerprint density at radius 3 is 2.46 bits per heavy atom. The minimum absolute atomic E-state index is 0.0735. The Morgan fingerprint density at radius 2 is 1.89 bits per heavy atom. The van der Waals surface area contributed by atoms with E-state index in [1.54, 1.807) is 34.6 Å². The number of carbonyl (C=O) groups is 1. The highest BCUT2D eigenvalue weighted by atomic mass is 19.4. The van der Waals surface area contributed by atoms with E-state index >= 15 is 0 Å². The number of hydrogen-bond donors (Lipinski definition) is 1. The maximum absolute atomic E-state index is 13.4. The van der Waals surface area contributed by atoms with E-state index in [9.17, 15) is 22.8 Å². The monoisotopic (exact) mass is 490 g/mol. The van der Waals surface area contributed by atoms with Crippen LogP contribution in [0.2, 0.25) is 0 Å². The fourth-order valence-electron chi connectivity index (χ4n) is 3.65. The first-order valence-electron chi connectivity index (χ1n) is 11.2. The molecule has 0 radical (unpaired) electrons. The Labute approximate surface area is 202 Å². The van der Waals surface area contributed by atoms with E-state index in [1.165, 1.54) is 21.6 Å². The number of hydrogen-bond acceptors (Lipinski definition) is 5. The molecule has 188 valence electrons. The number of fused-ring (bicyclic) bond motifs is 1. The Balaban J connectivity index is 1.90. The molecule has 2 aromatic rings. The smallest absolute Gasteiger partial charge is 0.416 e. The number of benzene rings is 1. The van der Waals surface area contributed by atoms with E-state index < -0.39 is 29.5 Å². The largest absolute Gasteiger partial charge is 0.444 e. The first kappa shape index (κ1) is 26.1. The van der Waals surface area contributed by atoms with Gasteiger partial charge in [0, 0.05) is 13.0 Å². The zero-order valence-corrected chi connectivity index (χ0v) is 20.4. The summed E-state index contributed by atoms with van der Waals surface area (Å²) < 4.78 is 45.5. The van der Waals surface area contributed by atoms with Gasteiger partial charge in [0.1, 0.15) is 5.60 Å². The first-order valence-corrected chi connectivity index (χ1v) is 11.2. The van der Waals surface area contributed by atoms with E-state index in [2.05, 4.69) is 22.1 Å². The van der Waals surface area contributed by atoms with Crippen LogP contribution >= 0.6 is 0 Å². The molecule has 3 rings (SSSR count). The third kappa shape index (κ3) is 6.35. The third-order valence-corrected chi connectivity index (χ3v) is 5.46. The molecule has 2 heterocycles. The summed E-state index contributed by atoms with van der Waals surface area (Å²) in [4.78, 5) is 32.0. The van der Waals surface area contributed by atoms with Gasteiger partial charge in [-0.2, -0.15) is 13.2 Å². The van der Waals surface area contributed by atoms with Gasteiger partial charge in [0.15, 0.2) is 0 Å². The van der Waals surface area contributed by atoms with Crippen molar-refractivity contribution in [1.29, 1.82) is 0 Å². The molecule has 0 aliphatic carbocycles. The summed E-state index contributed by atoms with van der Waals surface area (Å²) in [6, 6.07) is 4.41. The number of anilines is 1. The van der Waals surface area contributed by atoms with Crippen molar-refractivity contribution in [3.05, 3.63) is 57.0 Å². The van der Waals surface area contributed by atoms with Gasteiger partial charge < -0.3 is 15.0 Å². The molecule has 0 bridgehead atoms. The van der Waals surface area contributed by atoms with Crippen LogP contribution < -0.4 is 10.9 Å². The molecule has 1 amide bonds. The zero-order valence-electron chi connectivity index (χ0n) is 20.4. The van der Waals surface area contributed by atoms with Gasteiger partial charge in [-0.3, -0.25) is 9.36 Å². The summed E-state index contributed by atoms with van der Waals surface area (Å²) >= 11 is 0. The summed E-state index contributed by atoms with van der Waals surface area (Å²) in [6.45, 7) is 9.24. The first-order chi connectivity index (χ1) is 16.3. The summed E-state index contributed by atoms with van der Waals surface area (Å²) in [5.41, 5.74) is -0.146. The molecule has 1 aromatic carbocycles. The molecule has 0 saturated heterocycles. The molecule has 0 saturated carbocycles. The van der Waals surface area contributed by atoms with Crippen molar-refractivity contribution in [2.45, 2.75) is 71.9 Å². The number of carbonyl (C=O) groups excluding carboxylic acids is 1. The lowest BCUT2D eigenvalue weighted by Gasteiger charge is -2.31. The van der Waals surface area contributed by atoms with Gasteiger partial charge in [-0.15, -0.1) is 5.92 Å². The minimum atomic E-state index is -4.41. The number of nitrogens with one attached hydrogen (secondary N) is 1. The molecule has 10 heteroatoms. The standard InChI is InChI=1S/C25H29F3N4O3/c1-6-7-13-32-21(33)19-15-31(23(34)35-24(3,4)5)14-12-20(19)30-22(32)29-16(2)17-8-10-18(11-9-17)25(26,27)28/h8-11,16H,12-15H2,1-5H3,(H,29,30)/t16-/m0/s1. The Bertz CT molecular complexity index is 1200. The van der Waals surface area contributed by atoms with Crippen molar-refractivity contribution >= 4 is 12.0 Å². The third-order valence-electron chi connectivity index (χ3n) is 5.46. The lowest BCUT2D eigenvalue weighted by molar-refractivity contribution is -0.137. The van der Waals surface area contributed by atoms with Crippen LogP contribution in [0.25, 0.3) is 0 Å². The van der Waals surface area contributed by atoms with Gasteiger partial charge in [-0.25, -0.2) is 9.78 Å². The summed E-state index contributed by atoms with van der Waals surface area (Å²) in [5.74, 6) is 5.88. The van der Waals surface area contributed by atoms with Gasteiger partial charge >= 0.3 is 12.3 Å². The fraction of sp³-hybridized carbons (Fsp3) is 0.480. The van der Waals surface area contributed by atoms with Crippen LogP contribution in [0.3, 0.4) is 0 Å². The molecule has 7 nitrogen and oxygen atoms in total. The van der Waals surface area contributed by atoms with Crippen molar-refractivity contribution in [2.24, 2.45) is 0 Å². The molecule has 0 unspecified atom stereocenters. The second-order valence-electron chi connectivity index (χ2n) is 9.32. The summed E-state index contributed by atoms with van der Waals surface area (Å²) in [5, 5.41) is 3.15. The molecular formula is C25H29F3N4O3. The summed E-state index contributed by atoms with van der Waals surface area (Å²) in [7, 11) is 0. The van der Waals surface area contributed by atoms with Crippen molar-refractivity contribution in [3.8, 4) is 11.8 Å². The van der Waals surface area contributed by atoms with Crippen molar-refractivity contribution in [1.82, 2.24) is 14.5 Å². The van der Waals surface area contributed by atoms with Crippen molar-refractivity contribution in [3.63, 3.8) is 0 Å². The number of rotatable bonds is 4. The van der Waals surface area contributed by atoms with E-state index in [-0.39, 0.29) is 24.6 Å². The van der Waals surface area contributed by atoms with Crippen LogP contribution in [-0.4, -0.2) is 32.7 Å². The highest BCUT2D eigenvalue weighted by molar-refractivity contribution is 5.68. The van der Waals surface area contributed by atoms with Crippen LogP contribution in [-0.2, 0) is 30.4 Å². The average Bonchev–Trinajstić information content (AvgIpc) is 2.77. The molecule has 35 heavy (non-hydrogen) atoms. The quantitative estimate of drug-likeness (QED) is 0.626. The van der Waals surface area contributed by atoms with Gasteiger partial charge in [0.2, 0.25) is 5.95 Å². The average molecular weight is 491 g/mol. The van der Waals surface area contributed by atoms with Crippen LogP contribution in [0.4, 0.5) is 23.9 Å². The Morgan fingerprint density at radius 1 is 1.23 bits per heavy atom. The van der Waals surface area contributed by atoms with Gasteiger partial charge in [-0.05, 0) is 52.3 Å². The highest BCUT2D eigenvalue weighted by Crippen LogP contribution is 2.30. The number of aromatic nitrogens is 2. The molecule has 1 aliphatic heterocycles. The second-order valence-corrected chi connectivity index (χ2v) is 9.32. The van der Waals surface area contributed by atoms with Gasteiger partial charge in [-0.1, -0.05) is 18.1 Å². The highest BCUT2D eigenvalue weighted by Gasteiger charge is 2.31. The Kier molecular flexibility index (Phi) is 7.48. The maximum Gasteiger partial charge on any atom is 0.416 e. The normalized spacial score (nSPS) is 14.5. The SMILES string of the molecule is CC#CCn1c(N[C@@H](C)c2ccc(C(F)(F)F)cc2)nc2c(c1=O)CN(C(=O)OC(C)(C)C)CC2. The lowest BCUT2D eigenvalue weighted by Crippen LogP contribution is -2.43. The lowest BCUT2D eigenvalue weighted by atomic mass is 10.1. The number of ether oxygens (including phenoxy) is 1. The summed E-state index contributed by atoms with van der Waals surface area (Å²) in [6.07, 6.45) is -4.55. The number of nitrogens with zero attached hydrogens (tertiary/aromatic N) is 3. The van der Waals surface area contributed by atoms with Crippen LogP contribution in [0.5, 0.6) is 0 Å². The fourth-order valence-corrected chi connectivity index (χ4v) is 3.65. The van der Waals surface area contributed by atoms with Crippen LogP contribution in [0.1, 0.15) is 63.0 Å². The molecular weight excluding hydrogens is 461 g/mol. The number of halogens is 3. The van der Waals surface area contributed by atoms with Crippen molar-refractivity contribution < 1.29 is 22.7 Å². The second kappa shape index (κ2) is 10.0. The van der Waals surface area contributed by atoms with E-state index in [4.69, 9.17) is 4.74 Å². The van der Waals surface area contributed by atoms with E-state index in [0.717, 1.165) is 12.1 Å². The van der Waals surface area contributed by atoms with Crippen LogP contribution in [0, 0.1) is 11.8 Å². The molecule has 0 fully saturated rings. The number of amides is 1. The molecule has 1 atom stereocenters. The molecule has 1 aliphatic rings.